The number of rotatable bonds is 4. The Hall–Kier alpha value is -1.64. The van der Waals surface area contributed by atoms with Gasteiger partial charge >= 0.3 is 0 Å². The fourth-order valence-corrected chi connectivity index (χ4v) is 3.20. The minimum atomic E-state index is -1.01. The van der Waals surface area contributed by atoms with Crippen LogP contribution in [0.2, 0.25) is 0 Å². The van der Waals surface area contributed by atoms with Crippen molar-refractivity contribution in [3.63, 3.8) is 0 Å². The van der Waals surface area contributed by atoms with Gasteiger partial charge in [-0.1, -0.05) is 90.4 Å². The second-order valence-electron chi connectivity index (χ2n) is 9.40. The fraction of sp³-hybridized carbons (Fsp3) is 0.500. The minimum Gasteiger partial charge on any atom is -0.306 e. The van der Waals surface area contributed by atoms with Crippen LogP contribution in [0, 0.1) is 6.92 Å². The quantitative estimate of drug-likeness (QED) is 0.698. The Bertz CT molecular complexity index is 751. The van der Waals surface area contributed by atoms with Crippen molar-refractivity contribution in [2.45, 2.75) is 78.3 Å². The van der Waals surface area contributed by atoms with Gasteiger partial charge in [0.15, 0.2) is 0 Å². The molecular weight excluding hydrogens is 316 g/mol. The highest BCUT2D eigenvalue weighted by molar-refractivity contribution is 5.45. The molecule has 0 bridgehead atoms. The lowest BCUT2D eigenvalue weighted by Crippen LogP contribution is -2.47. The summed E-state index contributed by atoms with van der Waals surface area (Å²) in [4.78, 5) is 0. The first-order chi connectivity index (χ1) is 11.8. The molecule has 0 saturated heterocycles. The van der Waals surface area contributed by atoms with Crippen LogP contribution in [0.5, 0.6) is 0 Å². The molecule has 0 radical (unpaired) electrons. The van der Waals surface area contributed by atoms with E-state index in [9.17, 15) is 0 Å². The SMILES string of the molecule is Cc1cc(C(C)(C)C)cc(C(N)(N)c2cc(C(C)C)cc(C(C)C)c2)c1. The third-order valence-corrected chi connectivity index (χ3v) is 5.21. The Balaban J connectivity index is 2.65. The molecule has 4 N–H and O–H groups in total. The number of nitrogens with two attached hydrogens (primary N) is 2. The molecule has 0 heterocycles. The van der Waals surface area contributed by atoms with E-state index < -0.39 is 5.66 Å². The van der Waals surface area contributed by atoms with E-state index in [0.29, 0.717) is 11.8 Å². The smallest absolute Gasteiger partial charge is 0.116 e. The summed E-state index contributed by atoms with van der Waals surface area (Å²) in [5.74, 6) is 0.872. The van der Waals surface area contributed by atoms with Crippen molar-refractivity contribution in [3.8, 4) is 0 Å². The van der Waals surface area contributed by atoms with Crippen LogP contribution in [0.1, 0.15) is 93.7 Å². The van der Waals surface area contributed by atoms with Gasteiger partial charge in [0.05, 0.1) is 0 Å². The third-order valence-electron chi connectivity index (χ3n) is 5.21. The standard InChI is InChI=1S/C24H36N2/c1-15(2)18-11-19(16(3)4)13-22(12-18)24(25,26)21-10-17(5)9-20(14-21)23(6,7)8/h9-16H,25-26H2,1-8H3. The van der Waals surface area contributed by atoms with Gasteiger partial charge < -0.3 is 11.5 Å². The van der Waals surface area contributed by atoms with Crippen molar-refractivity contribution < 1.29 is 0 Å². The van der Waals surface area contributed by atoms with Crippen molar-refractivity contribution in [1.29, 1.82) is 0 Å². The van der Waals surface area contributed by atoms with E-state index in [2.05, 4.69) is 91.8 Å². The molecule has 0 fully saturated rings. The van der Waals surface area contributed by atoms with Gasteiger partial charge in [-0.2, -0.15) is 0 Å². The first-order valence-electron chi connectivity index (χ1n) is 9.68. The summed E-state index contributed by atoms with van der Waals surface area (Å²) in [6.07, 6.45) is 0. The van der Waals surface area contributed by atoms with Crippen LogP contribution in [0.15, 0.2) is 36.4 Å². The molecule has 0 aliphatic rings. The summed E-state index contributed by atoms with van der Waals surface area (Å²) < 4.78 is 0. The average molecular weight is 353 g/mol. The lowest BCUT2D eigenvalue weighted by molar-refractivity contribution is 0.552. The molecule has 2 heteroatoms. The molecule has 0 unspecified atom stereocenters. The summed E-state index contributed by atoms with van der Waals surface area (Å²) >= 11 is 0. The molecule has 0 aliphatic carbocycles. The molecule has 2 aromatic rings. The van der Waals surface area contributed by atoms with E-state index in [4.69, 9.17) is 11.5 Å². The largest absolute Gasteiger partial charge is 0.306 e. The Morgan fingerprint density at radius 2 is 1.08 bits per heavy atom. The Morgan fingerprint density at radius 1 is 0.654 bits per heavy atom. The lowest BCUT2D eigenvalue weighted by Gasteiger charge is -2.30. The van der Waals surface area contributed by atoms with E-state index in [1.807, 2.05) is 0 Å². The maximum absolute atomic E-state index is 6.76. The second-order valence-corrected chi connectivity index (χ2v) is 9.40. The molecule has 2 rings (SSSR count). The molecule has 0 spiro atoms. The van der Waals surface area contributed by atoms with Gasteiger partial charge in [0.25, 0.3) is 0 Å². The Labute approximate surface area is 160 Å². The molecule has 0 amide bonds. The zero-order chi connectivity index (χ0) is 19.9. The van der Waals surface area contributed by atoms with Crippen molar-refractivity contribution in [2.75, 3.05) is 0 Å². The summed E-state index contributed by atoms with van der Waals surface area (Å²) in [6.45, 7) is 17.6. The van der Waals surface area contributed by atoms with Gasteiger partial charge in [0.1, 0.15) is 5.66 Å². The van der Waals surface area contributed by atoms with Crippen LogP contribution in [0.4, 0.5) is 0 Å². The molecule has 0 aliphatic heterocycles. The highest BCUT2D eigenvalue weighted by atomic mass is 15.0. The van der Waals surface area contributed by atoms with Gasteiger partial charge in [-0.25, -0.2) is 0 Å². The van der Waals surface area contributed by atoms with Crippen molar-refractivity contribution in [1.82, 2.24) is 0 Å². The molecule has 0 aromatic heterocycles. The molecular formula is C24H36N2. The summed E-state index contributed by atoms with van der Waals surface area (Å²) in [5.41, 5.74) is 19.5. The molecule has 26 heavy (non-hydrogen) atoms. The number of hydrogen-bond donors (Lipinski definition) is 2. The van der Waals surface area contributed by atoms with Crippen LogP contribution in [0.3, 0.4) is 0 Å². The van der Waals surface area contributed by atoms with Crippen LogP contribution in [0.25, 0.3) is 0 Å². The fourth-order valence-electron chi connectivity index (χ4n) is 3.20. The van der Waals surface area contributed by atoms with Gasteiger partial charge in [0, 0.05) is 0 Å². The summed E-state index contributed by atoms with van der Waals surface area (Å²) in [6, 6.07) is 13.1. The number of benzene rings is 2. The second kappa shape index (κ2) is 7.17. The zero-order valence-corrected chi connectivity index (χ0v) is 17.8. The zero-order valence-electron chi connectivity index (χ0n) is 17.8. The topological polar surface area (TPSA) is 52.0 Å². The van der Waals surface area contributed by atoms with Gasteiger partial charge in [0.2, 0.25) is 0 Å². The first-order valence-corrected chi connectivity index (χ1v) is 9.68. The first kappa shape index (κ1) is 20.7. The number of hydrogen-bond acceptors (Lipinski definition) is 2. The lowest BCUT2D eigenvalue weighted by atomic mass is 9.81. The maximum Gasteiger partial charge on any atom is 0.116 e. The van der Waals surface area contributed by atoms with E-state index in [1.54, 1.807) is 0 Å². The predicted molar refractivity (Wildman–Crippen MR) is 114 cm³/mol. The van der Waals surface area contributed by atoms with E-state index in [-0.39, 0.29) is 5.41 Å². The van der Waals surface area contributed by atoms with E-state index >= 15 is 0 Å². The molecule has 142 valence electrons. The normalized spacial score (nSPS) is 12.9. The molecule has 0 saturated carbocycles. The van der Waals surface area contributed by atoms with Crippen LogP contribution >= 0.6 is 0 Å². The number of aryl methyl sites for hydroxylation is 1. The van der Waals surface area contributed by atoms with Gasteiger partial charge in [-0.15, -0.1) is 0 Å². The predicted octanol–water partition coefficient (Wildman–Crippen LogP) is 5.66. The van der Waals surface area contributed by atoms with Crippen LogP contribution in [-0.4, -0.2) is 0 Å². The summed E-state index contributed by atoms with van der Waals surface area (Å²) in [7, 11) is 0. The molecule has 2 nitrogen and oxygen atoms in total. The minimum absolute atomic E-state index is 0.0553. The van der Waals surface area contributed by atoms with E-state index in [1.165, 1.54) is 22.3 Å². The van der Waals surface area contributed by atoms with Gasteiger partial charge in [-0.05, 0) is 52.0 Å². The highest BCUT2D eigenvalue weighted by Gasteiger charge is 2.28. The van der Waals surface area contributed by atoms with Crippen molar-refractivity contribution in [2.24, 2.45) is 11.5 Å². The third kappa shape index (κ3) is 4.36. The Morgan fingerprint density at radius 3 is 1.50 bits per heavy atom. The maximum atomic E-state index is 6.76. The van der Waals surface area contributed by atoms with Gasteiger partial charge in [-0.3, -0.25) is 0 Å². The average Bonchev–Trinajstić information content (AvgIpc) is 2.52. The van der Waals surface area contributed by atoms with Crippen LogP contribution in [-0.2, 0) is 11.1 Å². The monoisotopic (exact) mass is 352 g/mol. The molecule has 0 atom stereocenters. The van der Waals surface area contributed by atoms with Crippen LogP contribution < -0.4 is 11.5 Å². The van der Waals surface area contributed by atoms with Crippen molar-refractivity contribution in [3.05, 3.63) is 69.8 Å². The Kier molecular flexibility index (Phi) is 5.70. The molecule has 2 aromatic carbocycles. The summed E-state index contributed by atoms with van der Waals surface area (Å²) in [5, 5.41) is 0. The van der Waals surface area contributed by atoms with Crippen molar-refractivity contribution >= 4 is 0 Å². The van der Waals surface area contributed by atoms with E-state index in [0.717, 1.165) is 11.1 Å². The highest BCUT2D eigenvalue weighted by Crippen LogP contribution is 2.32.